The van der Waals surface area contributed by atoms with E-state index in [4.69, 9.17) is 0 Å². The third kappa shape index (κ3) is 4.90. The van der Waals surface area contributed by atoms with Gasteiger partial charge in [-0.2, -0.15) is 0 Å². The Morgan fingerprint density at radius 1 is 1.17 bits per heavy atom. The summed E-state index contributed by atoms with van der Waals surface area (Å²) in [6.07, 6.45) is 9.74. The van der Waals surface area contributed by atoms with Crippen LogP contribution in [-0.2, 0) is 9.59 Å². The zero-order chi connectivity index (χ0) is 20.4. The van der Waals surface area contributed by atoms with E-state index >= 15 is 0 Å². The fourth-order valence-electron chi connectivity index (χ4n) is 4.74. The predicted octanol–water partition coefficient (Wildman–Crippen LogP) is 2.80. The molecule has 1 aromatic rings. The van der Waals surface area contributed by atoms with Crippen LogP contribution in [0, 0.1) is 17.3 Å². The van der Waals surface area contributed by atoms with Crippen molar-refractivity contribution in [3.63, 3.8) is 0 Å². The van der Waals surface area contributed by atoms with E-state index < -0.39 is 0 Å². The van der Waals surface area contributed by atoms with E-state index in [1.807, 2.05) is 29.0 Å². The van der Waals surface area contributed by atoms with E-state index in [1.165, 1.54) is 12.8 Å². The van der Waals surface area contributed by atoms with Crippen LogP contribution in [-0.4, -0.2) is 66.4 Å². The number of likely N-dealkylation sites (tertiary alicyclic amines) is 1. The van der Waals surface area contributed by atoms with Crippen LogP contribution in [0.5, 0.6) is 0 Å². The molecule has 1 saturated carbocycles. The molecule has 4 rings (SSSR count). The van der Waals surface area contributed by atoms with Crippen molar-refractivity contribution in [3.05, 3.63) is 24.5 Å². The van der Waals surface area contributed by atoms with E-state index in [-0.39, 0.29) is 11.8 Å². The largest absolute Gasteiger partial charge is 0.371 e. The van der Waals surface area contributed by atoms with Crippen molar-refractivity contribution in [3.8, 4) is 0 Å². The maximum Gasteiger partial charge on any atom is 0.227 e. The van der Waals surface area contributed by atoms with Gasteiger partial charge >= 0.3 is 0 Å². The number of carbonyl (C=O) groups excluding carboxylic acids is 2. The van der Waals surface area contributed by atoms with Crippen molar-refractivity contribution in [1.29, 1.82) is 0 Å². The standard InChI is InChI=1S/C23H34N4O2/c1-23(9-10-23)8-3-21(28)25(2)15-18-6-13-27(16-18)22(29)19-7-14-26(17-19)20-4-11-24-12-5-20/h4-5,11-12,18-19H,3,6-10,13-17H2,1-2H3. The number of carbonyl (C=O) groups is 2. The lowest BCUT2D eigenvalue weighted by Crippen LogP contribution is -2.37. The lowest BCUT2D eigenvalue weighted by molar-refractivity contribution is -0.133. The van der Waals surface area contributed by atoms with Crippen LogP contribution in [0.25, 0.3) is 0 Å². The molecular weight excluding hydrogens is 364 g/mol. The van der Waals surface area contributed by atoms with E-state index in [0.29, 0.717) is 23.7 Å². The second kappa shape index (κ2) is 8.33. The molecule has 1 aliphatic carbocycles. The number of pyridine rings is 1. The maximum atomic E-state index is 13.0. The van der Waals surface area contributed by atoms with Crippen LogP contribution in [0.2, 0.25) is 0 Å². The Balaban J connectivity index is 1.22. The molecule has 0 spiro atoms. The average Bonchev–Trinajstić information content (AvgIpc) is 3.14. The summed E-state index contributed by atoms with van der Waals surface area (Å²) in [5, 5.41) is 0. The Kier molecular flexibility index (Phi) is 5.79. The van der Waals surface area contributed by atoms with Crippen LogP contribution in [0.1, 0.15) is 45.4 Å². The van der Waals surface area contributed by atoms with Gasteiger partial charge in [0.2, 0.25) is 11.8 Å². The van der Waals surface area contributed by atoms with Crippen molar-refractivity contribution < 1.29 is 9.59 Å². The molecule has 0 N–H and O–H groups in total. The molecule has 0 aromatic carbocycles. The van der Waals surface area contributed by atoms with E-state index in [9.17, 15) is 9.59 Å². The summed E-state index contributed by atoms with van der Waals surface area (Å²) < 4.78 is 0. The van der Waals surface area contributed by atoms with Gasteiger partial charge in [-0.25, -0.2) is 0 Å². The third-order valence-corrected chi connectivity index (χ3v) is 7.17. The smallest absolute Gasteiger partial charge is 0.227 e. The minimum Gasteiger partial charge on any atom is -0.371 e. The number of aromatic nitrogens is 1. The number of nitrogens with zero attached hydrogens (tertiary/aromatic N) is 4. The molecule has 2 unspecified atom stereocenters. The van der Waals surface area contributed by atoms with Crippen LogP contribution >= 0.6 is 0 Å². The van der Waals surface area contributed by atoms with Crippen molar-refractivity contribution >= 4 is 17.5 Å². The second-order valence-corrected chi connectivity index (χ2v) is 9.66. The number of hydrogen-bond acceptors (Lipinski definition) is 4. The van der Waals surface area contributed by atoms with Gasteiger partial charge in [0.15, 0.2) is 0 Å². The molecule has 29 heavy (non-hydrogen) atoms. The molecule has 0 bridgehead atoms. The zero-order valence-corrected chi connectivity index (χ0v) is 17.8. The zero-order valence-electron chi connectivity index (χ0n) is 17.8. The number of anilines is 1. The van der Waals surface area contributed by atoms with Gasteiger partial charge in [0.1, 0.15) is 0 Å². The molecule has 3 aliphatic rings. The first-order valence-electron chi connectivity index (χ1n) is 11.1. The highest BCUT2D eigenvalue weighted by molar-refractivity contribution is 5.80. The normalized spacial score (nSPS) is 25.3. The minimum absolute atomic E-state index is 0.0839. The maximum absolute atomic E-state index is 13.0. The molecule has 6 nitrogen and oxygen atoms in total. The monoisotopic (exact) mass is 398 g/mol. The summed E-state index contributed by atoms with van der Waals surface area (Å²) in [4.78, 5) is 35.7. The van der Waals surface area contributed by atoms with Gasteiger partial charge in [0.25, 0.3) is 0 Å². The highest BCUT2D eigenvalue weighted by Crippen LogP contribution is 2.48. The quantitative estimate of drug-likeness (QED) is 0.709. The third-order valence-electron chi connectivity index (χ3n) is 7.17. The lowest BCUT2D eigenvalue weighted by atomic mass is 10.0. The summed E-state index contributed by atoms with van der Waals surface area (Å²) in [5.74, 6) is 1.04. The van der Waals surface area contributed by atoms with Gasteiger partial charge < -0.3 is 14.7 Å². The topological polar surface area (TPSA) is 56.8 Å². The molecule has 3 heterocycles. The molecule has 0 radical (unpaired) electrons. The van der Waals surface area contributed by atoms with Crippen molar-refractivity contribution in [2.75, 3.05) is 44.7 Å². The summed E-state index contributed by atoms with van der Waals surface area (Å²) in [6.45, 7) is 6.39. The minimum atomic E-state index is 0.0839. The molecule has 2 amide bonds. The first kappa shape index (κ1) is 20.2. The Labute approximate surface area is 174 Å². The molecule has 2 atom stereocenters. The Morgan fingerprint density at radius 3 is 2.66 bits per heavy atom. The molecule has 2 saturated heterocycles. The Bertz CT molecular complexity index is 734. The van der Waals surface area contributed by atoms with Gasteiger partial charge in [-0.05, 0) is 55.6 Å². The predicted molar refractivity (Wildman–Crippen MR) is 113 cm³/mol. The summed E-state index contributed by atoms with van der Waals surface area (Å²) in [7, 11) is 1.92. The van der Waals surface area contributed by atoms with Gasteiger partial charge in [0.05, 0.1) is 5.92 Å². The van der Waals surface area contributed by atoms with Crippen molar-refractivity contribution in [2.24, 2.45) is 17.3 Å². The summed E-state index contributed by atoms with van der Waals surface area (Å²) in [6, 6.07) is 4.02. The lowest BCUT2D eigenvalue weighted by Gasteiger charge is -2.24. The molecule has 2 aliphatic heterocycles. The Hall–Kier alpha value is -2.11. The highest BCUT2D eigenvalue weighted by Gasteiger charge is 2.38. The van der Waals surface area contributed by atoms with Crippen LogP contribution in [0.15, 0.2) is 24.5 Å². The van der Waals surface area contributed by atoms with Gasteiger partial charge in [-0.1, -0.05) is 6.92 Å². The van der Waals surface area contributed by atoms with Crippen molar-refractivity contribution in [1.82, 2.24) is 14.8 Å². The highest BCUT2D eigenvalue weighted by atomic mass is 16.2. The van der Waals surface area contributed by atoms with E-state index in [2.05, 4.69) is 16.8 Å². The molecule has 6 heteroatoms. The van der Waals surface area contributed by atoms with Crippen molar-refractivity contribution in [2.45, 2.75) is 45.4 Å². The number of hydrogen-bond donors (Lipinski definition) is 0. The molecular formula is C23H34N4O2. The average molecular weight is 399 g/mol. The Morgan fingerprint density at radius 2 is 1.93 bits per heavy atom. The fraction of sp³-hybridized carbons (Fsp3) is 0.696. The molecule has 158 valence electrons. The summed E-state index contributed by atoms with van der Waals surface area (Å²) >= 11 is 0. The first-order chi connectivity index (χ1) is 13.9. The van der Waals surface area contributed by atoms with Crippen LogP contribution in [0.3, 0.4) is 0 Å². The van der Waals surface area contributed by atoms with Gasteiger partial charge in [0, 0.05) is 64.3 Å². The van der Waals surface area contributed by atoms with Gasteiger partial charge in [-0.3, -0.25) is 14.6 Å². The molecule has 1 aromatic heterocycles. The van der Waals surface area contributed by atoms with Crippen LogP contribution < -0.4 is 4.90 Å². The second-order valence-electron chi connectivity index (χ2n) is 9.66. The fourth-order valence-corrected chi connectivity index (χ4v) is 4.74. The SMILES string of the molecule is CN(CC1CCN(C(=O)C2CCN(c3ccncc3)C2)C1)C(=O)CCC1(C)CC1. The van der Waals surface area contributed by atoms with Gasteiger partial charge in [-0.15, -0.1) is 0 Å². The van der Waals surface area contributed by atoms with E-state index in [0.717, 1.165) is 57.7 Å². The number of amides is 2. The summed E-state index contributed by atoms with van der Waals surface area (Å²) in [5.41, 5.74) is 1.58. The van der Waals surface area contributed by atoms with E-state index in [1.54, 1.807) is 12.4 Å². The first-order valence-corrected chi connectivity index (χ1v) is 11.1. The molecule has 3 fully saturated rings. The number of rotatable bonds is 7. The van der Waals surface area contributed by atoms with Crippen LogP contribution in [0.4, 0.5) is 5.69 Å².